The molecule has 1 aromatic rings. The Bertz CT molecular complexity index is 591. The van der Waals surface area contributed by atoms with E-state index in [4.69, 9.17) is 4.74 Å². The maximum absolute atomic E-state index is 13.1. The minimum absolute atomic E-state index is 0. The normalized spacial score (nSPS) is 12.6. The number of carbonyl (C=O) groups is 1. The lowest BCUT2D eigenvalue weighted by molar-refractivity contribution is -0.128. The van der Waals surface area contributed by atoms with Gasteiger partial charge in [-0.05, 0) is 19.1 Å². The van der Waals surface area contributed by atoms with Gasteiger partial charge in [0.1, 0.15) is 17.7 Å². The highest BCUT2D eigenvalue weighted by molar-refractivity contribution is 14.0. The van der Waals surface area contributed by atoms with Crippen LogP contribution in [-0.2, 0) is 4.79 Å². The first-order valence-electron chi connectivity index (χ1n) is 8.37. The molecule has 0 fully saturated rings. The van der Waals surface area contributed by atoms with Gasteiger partial charge in [0.15, 0.2) is 5.96 Å². The van der Waals surface area contributed by atoms with E-state index in [0.717, 1.165) is 0 Å². The Morgan fingerprint density at radius 3 is 2.46 bits per heavy atom. The molecule has 1 aromatic carbocycles. The third-order valence-electron chi connectivity index (χ3n) is 3.30. The van der Waals surface area contributed by atoms with Crippen LogP contribution >= 0.6 is 24.0 Å². The van der Waals surface area contributed by atoms with E-state index in [2.05, 4.69) is 20.9 Å². The van der Waals surface area contributed by atoms with Crippen LogP contribution in [0, 0.1) is 11.2 Å². The average molecular weight is 480 g/mol. The number of nitrogens with one attached hydrogen (secondary N) is 3. The Hall–Kier alpha value is -1.58. The fourth-order valence-corrected chi connectivity index (χ4v) is 1.90. The Morgan fingerprint density at radius 1 is 1.23 bits per heavy atom. The molecule has 3 N–H and O–H groups in total. The molecule has 0 saturated heterocycles. The second-order valence-corrected chi connectivity index (χ2v) is 6.77. The summed E-state index contributed by atoms with van der Waals surface area (Å²) in [5.74, 6) is 0.781. The SMILES string of the molecule is CN=C(NCCNC(=O)C(C)(C)C)NCC(C)Oc1cccc(F)c1.I. The van der Waals surface area contributed by atoms with Gasteiger partial charge in [-0.3, -0.25) is 9.79 Å². The van der Waals surface area contributed by atoms with Gasteiger partial charge in [0.2, 0.25) is 5.91 Å². The number of amides is 1. The third-order valence-corrected chi connectivity index (χ3v) is 3.30. The van der Waals surface area contributed by atoms with Gasteiger partial charge in [0, 0.05) is 31.6 Å². The van der Waals surface area contributed by atoms with Crippen LogP contribution in [-0.4, -0.2) is 44.7 Å². The highest BCUT2D eigenvalue weighted by atomic mass is 127. The van der Waals surface area contributed by atoms with Crippen LogP contribution in [0.1, 0.15) is 27.7 Å². The van der Waals surface area contributed by atoms with Crippen LogP contribution in [0.5, 0.6) is 5.75 Å². The molecule has 148 valence electrons. The average Bonchev–Trinajstić information content (AvgIpc) is 2.53. The van der Waals surface area contributed by atoms with E-state index in [9.17, 15) is 9.18 Å². The number of guanidine groups is 1. The highest BCUT2D eigenvalue weighted by Crippen LogP contribution is 2.13. The Balaban J connectivity index is 0.00000625. The summed E-state index contributed by atoms with van der Waals surface area (Å²) in [7, 11) is 1.67. The van der Waals surface area contributed by atoms with E-state index >= 15 is 0 Å². The number of benzene rings is 1. The summed E-state index contributed by atoms with van der Waals surface area (Å²) in [5.41, 5.74) is -0.399. The van der Waals surface area contributed by atoms with Crippen molar-refractivity contribution in [3.63, 3.8) is 0 Å². The number of ether oxygens (including phenoxy) is 1. The molecule has 0 aliphatic carbocycles. The minimum atomic E-state index is -0.399. The quantitative estimate of drug-likeness (QED) is 0.243. The van der Waals surface area contributed by atoms with Crippen molar-refractivity contribution in [1.29, 1.82) is 0 Å². The number of carbonyl (C=O) groups excluding carboxylic acids is 1. The smallest absolute Gasteiger partial charge is 0.225 e. The number of rotatable bonds is 7. The zero-order valence-corrected chi connectivity index (χ0v) is 18.4. The molecule has 1 amide bonds. The van der Waals surface area contributed by atoms with E-state index in [1.54, 1.807) is 19.2 Å². The van der Waals surface area contributed by atoms with Crippen LogP contribution in [0.15, 0.2) is 29.3 Å². The summed E-state index contributed by atoms with van der Waals surface area (Å²) in [6.45, 7) is 9.06. The van der Waals surface area contributed by atoms with Crippen molar-refractivity contribution in [1.82, 2.24) is 16.0 Å². The number of aliphatic imine (C=N–C) groups is 1. The maximum Gasteiger partial charge on any atom is 0.225 e. The summed E-state index contributed by atoms with van der Waals surface area (Å²) in [4.78, 5) is 15.9. The second kappa shape index (κ2) is 11.9. The first-order valence-corrected chi connectivity index (χ1v) is 8.37. The molecule has 0 aliphatic rings. The zero-order valence-electron chi connectivity index (χ0n) is 16.1. The summed E-state index contributed by atoms with van der Waals surface area (Å²) in [5, 5.41) is 9.10. The van der Waals surface area contributed by atoms with E-state index in [-0.39, 0.29) is 41.8 Å². The van der Waals surface area contributed by atoms with Gasteiger partial charge in [-0.15, -0.1) is 24.0 Å². The molecule has 8 heteroatoms. The number of hydrogen-bond donors (Lipinski definition) is 3. The Morgan fingerprint density at radius 2 is 1.88 bits per heavy atom. The maximum atomic E-state index is 13.1. The van der Waals surface area contributed by atoms with Crippen molar-refractivity contribution in [2.45, 2.75) is 33.8 Å². The molecule has 26 heavy (non-hydrogen) atoms. The topological polar surface area (TPSA) is 74.8 Å². The number of halogens is 2. The molecule has 1 unspecified atom stereocenters. The van der Waals surface area contributed by atoms with Gasteiger partial charge < -0.3 is 20.7 Å². The van der Waals surface area contributed by atoms with E-state index in [1.165, 1.54) is 12.1 Å². The summed E-state index contributed by atoms with van der Waals surface area (Å²) >= 11 is 0. The van der Waals surface area contributed by atoms with Crippen LogP contribution < -0.4 is 20.7 Å². The molecule has 1 atom stereocenters. The predicted octanol–water partition coefficient (Wildman–Crippen LogP) is 2.54. The van der Waals surface area contributed by atoms with Crippen LogP contribution in [0.3, 0.4) is 0 Å². The summed E-state index contributed by atoms with van der Waals surface area (Å²) in [6.07, 6.45) is -0.166. The van der Waals surface area contributed by atoms with Crippen molar-refractivity contribution >= 4 is 35.8 Å². The molecule has 6 nitrogen and oxygen atoms in total. The van der Waals surface area contributed by atoms with E-state index in [1.807, 2.05) is 27.7 Å². The molecule has 0 radical (unpaired) electrons. The monoisotopic (exact) mass is 480 g/mol. The van der Waals surface area contributed by atoms with Gasteiger partial charge in [0.05, 0.1) is 6.54 Å². The summed E-state index contributed by atoms with van der Waals surface area (Å²) < 4.78 is 18.8. The summed E-state index contributed by atoms with van der Waals surface area (Å²) in [6, 6.07) is 6.04. The Labute approximate surface area is 172 Å². The molecule has 0 aromatic heterocycles. The van der Waals surface area contributed by atoms with Gasteiger partial charge in [0.25, 0.3) is 0 Å². The lowest BCUT2D eigenvalue weighted by Crippen LogP contribution is -2.45. The van der Waals surface area contributed by atoms with Gasteiger partial charge >= 0.3 is 0 Å². The molecule has 1 rings (SSSR count). The molecule has 0 spiro atoms. The standard InChI is InChI=1S/C18H29FN4O2.HI/c1-13(25-15-8-6-7-14(19)11-15)12-23-17(20-5)22-10-9-21-16(24)18(2,3)4;/h6-8,11,13H,9-10,12H2,1-5H3,(H,21,24)(H2,20,22,23);1H. The fourth-order valence-electron chi connectivity index (χ4n) is 1.90. The minimum Gasteiger partial charge on any atom is -0.489 e. The van der Waals surface area contributed by atoms with E-state index < -0.39 is 5.41 Å². The molecule has 0 saturated carbocycles. The van der Waals surface area contributed by atoms with Crippen molar-refractivity contribution in [2.24, 2.45) is 10.4 Å². The van der Waals surface area contributed by atoms with Crippen molar-refractivity contribution in [2.75, 3.05) is 26.7 Å². The molecule has 0 bridgehead atoms. The van der Waals surface area contributed by atoms with Gasteiger partial charge in [-0.25, -0.2) is 4.39 Å². The molecule has 0 heterocycles. The molecule has 0 aliphatic heterocycles. The van der Waals surface area contributed by atoms with Gasteiger partial charge in [-0.2, -0.15) is 0 Å². The van der Waals surface area contributed by atoms with Crippen molar-refractivity contribution in [3.8, 4) is 5.75 Å². The zero-order chi connectivity index (χ0) is 18.9. The lowest BCUT2D eigenvalue weighted by atomic mass is 9.96. The number of hydrogen-bond acceptors (Lipinski definition) is 3. The van der Waals surface area contributed by atoms with Gasteiger partial charge in [-0.1, -0.05) is 26.8 Å². The highest BCUT2D eigenvalue weighted by Gasteiger charge is 2.20. The first kappa shape index (κ1) is 24.4. The first-order chi connectivity index (χ1) is 11.7. The van der Waals surface area contributed by atoms with E-state index in [0.29, 0.717) is 31.3 Å². The lowest BCUT2D eigenvalue weighted by Gasteiger charge is -2.19. The van der Waals surface area contributed by atoms with Crippen molar-refractivity contribution in [3.05, 3.63) is 30.1 Å². The van der Waals surface area contributed by atoms with Crippen LogP contribution in [0.25, 0.3) is 0 Å². The largest absolute Gasteiger partial charge is 0.489 e. The molecular weight excluding hydrogens is 450 g/mol. The number of nitrogens with zero attached hydrogens (tertiary/aromatic N) is 1. The predicted molar refractivity (Wildman–Crippen MR) is 114 cm³/mol. The fraction of sp³-hybridized carbons (Fsp3) is 0.556. The van der Waals surface area contributed by atoms with Crippen molar-refractivity contribution < 1.29 is 13.9 Å². The van der Waals surface area contributed by atoms with Crippen LogP contribution in [0.4, 0.5) is 4.39 Å². The Kier molecular flexibility index (Phi) is 11.2. The third kappa shape index (κ3) is 9.79. The second-order valence-electron chi connectivity index (χ2n) is 6.77. The van der Waals surface area contributed by atoms with Crippen LogP contribution in [0.2, 0.25) is 0 Å². The molecular formula is C18H30FIN4O2.